The molecule has 0 aromatic rings. The van der Waals surface area contributed by atoms with Gasteiger partial charge in [0.25, 0.3) is 0 Å². The summed E-state index contributed by atoms with van der Waals surface area (Å²) >= 11 is 0. The van der Waals surface area contributed by atoms with Crippen LogP contribution in [0.4, 0.5) is 25.2 Å². The van der Waals surface area contributed by atoms with E-state index in [-0.39, 0.29) is 355 Å². The molecule has 0 amide bonds. The van der Waals surface area contributed by atoms with Crippen molar-refractivity contribution in [3.05, 3.63) is 0 Å². The molecule has 0 radical (unpaired) electrons. The van der Waals surface area contributed by atoms with Crippen molar-refractivity contribution in [3.8, 4) is 0 Å². The van der Waals surface area contributed by atoms with Gasteiger partial charge in [-0.3, -0.25) is 25.2 Å². The zero-order chi connectivity index (χ0) is 21.5. The van der Waals surface area contributed by atoms with Gasteiger partial charge in [-0.05, 0) is 0 Å². The molecule has 0 bridgehead atoms. The first-order valence-corrected chi connectivity index (χ1v) is 9.62. The Hall–Kier alpha value is 13.7. The average Bonchev–Trinajstić information content (AvgIpc) is 2.08. The number of hydrogen-bond acceptors (Lipinski definition) is 12. The zero-order valence-corrected chi connectivity index (χ0v) is 51.2. The van der Waals surface area contributed by atoms with Gasteiger partial charge in [-0.15, -0.1) is 52.1 Å². The van der Waals surface area contributed by atoms with Gasteiger partial charge in [-0.1, -0.05) is 0 Å². The van der Waals surface area contributed by atoms with Gasteiger partial charge in [0, 0.05) is 0 Å². The van der Waals surface area contributed by atoms with Gasteiger partial charge in [0.05, 0.1) is 0 Å². The smallest absolute Gasteiger partial charge is 0.816 e. The predicted octanol–water partition coefficient (Wildman–Crippen LogP) is -42.5. The Morgan fingerprint density at radius 2 is 0.194 bits per heavy atom. The van der Waals surface area contributed by atoms with Crippen molar-refractivity contribution in [3.63, 3.8) is 0 Å². The molecular weight excluding hydrogens is 768 g/mol. The van der Waals surface area contributed by atoms with E-state index in [0.29, 0.717) is 0 Å². The maximum absolute atomic E-state index is 9.95. The number of halogens is 6. The maximum Gasteiger partial charge on any atom is 1.00 e. The van der Waals surface area contributed by atoms with Crippen molar-refractivity contribution in [2.45, 2.75) is 0 Å². The first kappa shape index (κ1) is 117. The summed E-state index contributed by atoms with van der Waals surface area (Å²) in [5.41, 5.74) is 0. The Balaban J connectivity index is -0.00000000633. The quantitative estimate of drug-likeness (QED) is 0.126. The van der Waals surface area contributed by atoms with Crippen LogP contribution < -0.4 is 413 Å². The predicted molar refractivity (Wildman–Crippen MR) is 48.2 cm³/mol. The van der Waals surface area contributed by atoms with Crippen LogP contribution in [0.2, 0.25) is 0 Å². The maximum atomic E-state index is 9.95. The number of hydrogen-bond donors (Lipinski definition) is 0. The van der Waals surface area contributed by atoms with Crippen LogP contribution >= 0.6 is 52.1 Å². The van der Waals surface area contributed by atoms with Crippen LogP contribution in [0, 0.1) is 0 Å². The second-order valence-corrected chi connectivity index (χ2v) is 3.83. The van der Waals surface area contributed by atoms with E-state index >= 15 is 0 Å². The molecule has 0 rings (SSSR count). The second-order valence-electron chi connectivity index (χ2n) is 1.28. The standard InChI is InChI=1S/6FO2P.12Na/c6*1-4(2)3;;;;;;;;;;;;/q6*-2;12*+1. The fourth-order valence-corrected chi connectivity index (χ4v) is 0. The average molecular weight is 768 g/mol. The summed E-state index contributed by atoms with van der Waals surface area (Å²) in [4.78, 5) is 100. The molecule has 0 saturated heterocycles. The van der Waals surface area contributed by atoms with Gasteiger partial charge >= 0.3 is 355 Å². The van der Waals surface area contributed by atoms with Crippen LogP contribution in [0.5, 0.6) is 0 Å². The Morgan fingerprint density at radius 1 is 0.194 bits per heavy atom. The summed E-state index contributed by atoms with van der Waals surface area (Å²) in [6.07, 6.45) is 0. The Bertz CT molecular complexity index is 144. The summed E-state index contributed by atoms with van der Waals surface area (Å²) in [5.74, 6) is 0. The van der Waals surface area contributed by atoms with E-state index in [1.807, 2.05) is 0 Å². The van der Waals surface area contributed by atoms with Crippen LogP contribution in [-0.2, 0) is 0 Å². The third-order valence-corrected chi connectivity index (χ3v) is 0. The Kier molecular flexibility index (Phi) is 359. The first-order chi connectivity index (χ1) is 10.4. The summed E-state index contributed by atoms with van der Waals surface area (Å²) < 4.78 is 59.7. The SMILES string of the molecule is [Na+].[Na+].[Na+].[Na+].[Na+].[Na+].[Na+].[Na+].[Na+].[Na+].[Na+].[Na+].[O-]P([O-])F.[O-]P([O-])F.[O-]P([O-])F.[O-]P([O-])F.[O-]P([O-])F.[O-]P([O-])F. The van der Waals surface area contributed by atoms with Crippen molar-refractivity contribution >= 4 is 52.1 Å². The summed E-state index contributed by atoms with van der Waals surface area (Å²) in [6, 6.07) is 0. The van der Waals surface area contributed by atoms with E-state index in [9.17, 15) is 25.2 Å². The molecular formula is F6Na12O12P6. The molecule has 0 fully saturated rings. The van der Waals surface area contributed by atoms with Gasteiger partial charge in [0.2, 0.25) is 0 Å². The molecule has 0 aromatic heterocycles. The Morgan fingerprint density at radius 3 is 0.194 bits per heavy atom. The summed E-state index contributed by atoms with van der Waals surface area (Å²) in [7, 11) is -21.7. The van der Waals surface area contributed by atoms with Crippen molar-refractivity contribution in [1.29, 1.82) is 0 Å². The van der Waals surface area contributed by atoms with Crippen LogP contribution in [0.15, 0.2) is 0 Å². The van der Waals surface area contributed by atoms with Gasteiger partial charge < -0.3 is 58.7 Å². The topological polar surface area (TPSA) is 277 Å². The zero-order valence-electron chi connectivity index (χ0n) is 21.9. The minimum Gasteiger partial charge on any atom is -0.816 e. The molecule has 0 unspecified atom stereocenters. The number of rotatable bonds is 0. The molecule has 12 nitrogen and oxygen atoms in total. The molecule has 36 heteroatoms. The van der Waals surface area contributed by atoms with Crippen molar-refractivity contribution < 1.29 is 439 Å². The van der Waals surface area contributed by atoms with E-state index in [4.69, 9.17) is 58.7 Å². The van der Waals surface area contributed by atoms with Crippen LogP contribution in [0.3, 0.4) is 0 Å². The van der Waals surface area contributed by atoms with Crippen molar-refractivity contribution in [2.24, 2.45) is 0 Å². The monoisotopic (exact) mass is 768 g/mol. The molecule has 0 heterocycles. The third-order valence-electron chi connectivity index (χ3n) is 0. The molecule has 0 spiro atoms. The molecule has 0 saturated carbocycles. The van der Waals surface area contributed by atoms with E-state index in [1.54, 1.807) is 0 Å². The molecule has 0 aliphatic carbocycles. The molecule has 0 aromatic carbocycles. The molecule has 36 heavy (non-hydrogen) atoms. The van der Waals surface area contributed by atoms with Gasteiger partial charge in [0.1, 0.15) is 0 Å². The normalized spacial score (nSPS) is 6.00. The molecule has 0 N–H and O–H groups in total. The molecule has 0 aliphatic rings. The Labute approximate surface area is 478 Å². The fraction of sp³-hybridized carbons (Fsp3) is 0. The first-order valence-electron chi connectivity index (χ1n) is 3.21. The summed E-state index contributed by atoms with van der Waals surface area (Å²) in [6.45, 7) is 0. The van der Waals surface area contributed by atoms with E-state index in [1.165, 1.54) is 0 Å². The minimum absolute atomic E-state index is 0. The molecule has 0 aliphatic heterocycles. The summed E-state index contributed by atoms with van der Waals surface area (Å²) in [5, 5.41) is 0. The van der Waals surface area contributed by atoms with E-state index in [0.717, 1.165) is 0 Å². The minimum atomic E-state index is -3.62. The van der Waals surface area contributed by atoms with Crippen LogP contribution in [0.1, 0.15) is 0 Å². The molecule has 156 valence electrons. The van der Waals surface area contributed by atoms with Crippen molar-refractivity contribution in [1.82, 2.24) is 0 Å². The van der Waals surface area contributed by atoms with Gasteiger partial charge in [-0.25, -0.2) is 0 Å². The van der Waals surface area contributed by atoms with E-state index < -0.39 is 52.1 Å². The third kappa shape index (κ3) is 555. The van der Waals surface area contributed by atoms with Crippen LogP contribution in [0.25, 0.3) is 0 Å². The fourth-order valence-electron chi connectivity index (χ4n) is 0. The van der Waals surface area contributed by atoms with E-state index in [2.05, 4.69) is 0 Å². The van der Waals surface area contributed by atoms with Gasteiger partial charge in [-0.2, -0.15) is 0 Å². The largest absolute Gasteiger partial charge is 1.00 e. The van der Waals surface area contributed by atoms with Crippen LogP contribution in [-0.4, -0.2) is 0 Å². The second kappa shape index (κ2) is 110. The van der Waals surface area contributed by atoms with Gasteiger partial charge in [0.15, 0.2) is 0 Å². The molecule has 0 atom stereocenters. The van der Waals surface area contributed by atoms with Crippen molar-refractivity contribution in [2.75, 3.05) is 0 Å².